The molecule has 0 heterocycles. The number of hydrogen-bond donors (Lipinski definition) is 0. The van der Waals surface area contributed by atoms with E-state index in [0.29, 0.717) is 12.8 Å². The van der Waals surface area contributed by atoms with Crippen LogP contribution in [0, 0.1) is 11.3 Å². The smallest absolute Gasteiger partial charge is 0.207 e. The molecule has 0 aromatic rings. The Morgan fingerprint density at radius 2 is 1.71 bits per heavy atom. The molecule has 2 aliphatic carbocycles. The van der Waals surface area contributed by atoms with Crippen LogP contribution in [0.3, 0.4) is 0 Å². The van der Waals surface area contributed by atoms with Gasteiger partial charge in [0.1, 0.15) is 0 Å². The molecule has 0 aromatic carbocycles. The topological polar surface area (TPSA) is 34.1 Å². The molecule has 2 saturated carbocycles. The van der Waals surface area contributed by atoms with Gasteiger partial charge in [-0.25, -0.2) is 8.78 Å². The molecule has 0 aromatic heterocycles. The van der Waals surface area contributed by atoms with Crippen molar-refractivity contribution in [3.8, 4) is 0 Å². The van der Waals surface area contributed by atoms with E-state index >= 15 is 0 Å². The Hall–Kier alpha value is -0.260. The molecule has 0 amide bonds. The molecular formula is C8H11F3O2S. The number of rotatable bonds is 2. The van der Waals surface area contributed by atoms with Crippen LogP contribution in [-0.2, 0) is 10.2 Å². The van der Waals surface area contributed by atoms with Gasteiger partial charge in [0, 0.05) is 12.8 Å². The number of alkyl halides is 2. The molecule has 0 unspecified atom stereocenters. The van der Waals surface area contributed by atoms with Gasteiger partial charge in [-0.2, -0.15) is 8.42 Å². The molecule has 0 radical (unpaired) electrons. The Labute approximate surface area is 80.7 Å². The van der Waals surface area contributed by atoms with Crippen LogP contribution < -0.4 is 0 Å². The van der Waals surface area contributed by atoms with E-state index in [-0.39, 0.29) is 24.2 Å². The quantitative estimate of drug-likeness (QED) is 0.678. The summed E-state index contributed by atoms with van der Waals surface area (Å²) in [6.45, 7) is 0. The minimum Gasteiger partial charge on any atom is -0.207 e. The van der Waals surface area contributed by atoms with Gasteiger partial charge in [-0.05, 0) is 24.2 Å². The van der Waals surface area contributed by atoms with Crippen molar-refractivity contribution in [1.82, 2.24) is 0 Å². The zero-order valence-corrected chi connectivity index (χ0v) is 8.29. The van der Waals surface area contributed by atoms with Crippen molar-refractivity contribution in [1.29, 1.82) is 0 Å². The van der Waals surface area contributed by atoms with Crippen LogP contribution in [-0.4, -0.2) is 20.1 Å². The average Bonchev–Trinajstić information content (AvgIpc) is 1.74. The first kappa shape index (κ1) is 10.3. The molecule has 0 aliphatic heterocycles. The molecule has 0 atom stereocenters. The van der Waals surface area contributed by atoms with Crippen molar-refractivity contribution in [2.75, 3.05) is 5.75 Å². The Kier molecular flexibility index (Phi) is 1.94. The maximum Gasteiger partial charge on any atom is 0.302 e. The van der Waals surface area contributed by atoms with Crippen molar-refractivity contribution >= 4 is 10.2 Å². The van der Waals surface area contributed by atoms with Gasteiger partial charge >= 0.3 is 10.2 Å². The van der Waals surface area contributed by atoms with Gasteiger partial charge in [0.05, 0.1) is 5.75 Å². The maximum absolute atomic E-state index is 12.5. The largest absolute Gasteiger partial charge is 0.302 e. The summed E-state index contributed by atoms with van der Waals surface area (Å²) < 4.78 is 57.8. The van der Waals surface area contributed by atoms with Crippen LogP contribution in [0.4, 0.5) is 12.7 Å². The monoisotopic (exact) mass is 228 g/mol. The number of hydrogen-bond acceptors (Lipinski definition) is 2. The third-order valence-corrected chi connectivity index (χ3v) is 4.01. The minimum atomic E-state index is -4.43. The predicted molar refractivity (Wildman–Crippen MR) is 44.2 cm³/mol. The van der Waals surface area contributed by atoms with E-state index in [2.05, 4.69) is 0 Å². The molecule has 2 aliphatic rings. The summed E-state index contributed by atoms with van der Waals surface area (Å²) in [4.78, 5) is 0. The highest BCUT2D eigenvalue weighted by Gasteiger charge is 2.61. The van der Waals surface area contributed by atoms with E-state index < -0.39 is 21.9 Å². The standard InChI is InChI=1S/C8H11F3O2S/c9-8(10)4-7(5-8)1-6(2-7)3-14(11,12)13/h6H,1-5H2. The molecule has 2 rings (SSSR count). The van der Waals surface area contributed by atoms with Crippen LogP contribution in [0.15, 0.2) is 0 Å². The molecule has 14 heavy (non-hydrogen) atoms. The normalized spacial score (nSPS) is 29.6. The lowest BCUT2D eigenvalue weighted by Gasteiger charge is -2.57. The fourth-order valence-electron chi connectivity index (χ4n) is 2.90. The van der Waals surface area contributed by atoms with Gasteiger partial charge in [-0.1, -0.05) is 0 Å². The summed E-state index contributed by atoms with van der Waals surface area (Å²) in [6, 6.07) is 0. The second kappa shape index (κ2) is 2.65. The van der Waals surface area contributed by atoms with Crippen molar-refractivity contribution in [3.05, 3.63) is 0 Å². The Balaban J connectivity index is 1.82. The lowest BCUT2D eigenvalue weighted by molar-refractivity contribution is -0.203. The van der Waals surface area contributed by atoms with Gasteiger partial charge in [-0.3, -0.25) is 0 Å². The second-order valence-electron chi connectivity index (χ2n) is 4.69. The fraction of sp³-hybridized carbons (Fsp3) is 1.00. The van der Waals surface area contributed by atoms with E-state index in [9.17, 15) is 21.1 Å². The van der Waals surface area contributed by atoms with Crippen LogP contribution in [0.5, 0.6) is 0 Å². The third-order valence-electron chi connectivity index (χ3n) is 3.15. The van der Waals surface area contributed by atoms with E-state index in [1.807, 2.05) is 0 Å². The fourth-order valence-corrected chi connectivity index (χ4v) is 3.70. The summed E-state index contributed by atoms with van der Waals surface area (Å²) in [6.07, 6.45) is 0.573. The lowest BCUT2D eigenvalue weighted by Crippen LogP contribution is -2.54. The first-order chi connectivity index (χ1) is 6.20. The van der Waals surface area contributed by atoms with E-state index in [0.717, 1.165) is 0 Å². The second-order valence-corrected chi connectivity index (χ2v) is 6.10. The Bertz CT molecular complexity index is 334. The third kappa shape index (κ3) is 1.89. The molecule has 1 spiro atoms. The first-order valence-electron chi connectivity index (χ1n) is 4.50. The molecule has 0 bridgehead atoms. The number of halogens is 3. The van der Waals surface area contributed by atoms with E-state index in [1.54, 1.807) is 0 Å². The van der Waals surface area contributed by atoms with Gasteiger partial charge in [-0.15, -0.1) is 3.89 Å². The lowest BCUT2D eigenvalue weighted by atomic mass is 9.51. The van der Waals surface area contributed by atoms with Crippen molar-refractivity contribution in [2.45, 2.75) is 31.6 Å². The average molecular weight is 228 g/mol. The van der Waals surface area contributed by atoms with Crippen LogP contribution >= 0.6 is 0 Å². The Morgan fingerprint density at radius 3 is 2.07 bits per heavy atom. The summed E-state index contributed by atoms with van der Waals surface area (Å²) >= 11 is 0. The molecule has 0 N–H and O–H groups in total. The molecule has 0 saturated heterocycles. The summed E-state index contributed by atoms with van der Waals surface area (Å²) in [5.41, 5.74) is -0.362. The van der Waals surface area contributed by atoms with Gasteiger partial charge in [0.15, 0.2) is 0 Å². The van der Waals surface area contributed by atoms with Crippen LogP contribution in [0.2, 0.25) is 0 Å². The predicted octanol–water partition coefficient (Wildman–Crippen LogP) is 2.11. The van der Waals surface area contributed by atoms with Crippen molar-refractivity contribution in [3.63, 3.8) is 0 Å². The highest BCUT2D eigenvalue weighted by atomic mass is 32.3. The molecule has 82 valence electrons. The highest BCUT2D eigenvalue weighted by molar-refractivity contribution is 7.86. The highest BCUT2D eigenvalue weighted by Crippen LogP contribution is 2.64. The minimum absolute atomic E-state index is 0.150. The van der Waals surface area contributed by atoms with Crippen LogP contribution in [0.1, 0.15) is 25.7 Å². The van der Waals surface area contributed by atoms with Crippen molar-refractivity contribution in [2.24, 2.45) is 11.3 Å². The first-order valence-corrected chi connectivity index (χ1v) is 6.05. The SMILES string of the molecule is O=S(=O)(F)CC1CC2(C1)CC(F)(F)C2. The zero-order valence-electron chi connectivity index (χ0n) is 7.47. The van der Waals surface area contributed by atoms with E-state index in [1.165, 1.54) is 0 Å². The van der Waals surface area contributed by atoms with Crippen LogP contribution in [0.25, 0.3) is 0 Å². The molecular weight excluding hydrogens is 217 g/mol. The molecule has 2 nitrogen and oxygen atoms in total. The summed E-state index contributed by atoms with van der Waals surface area (Å²) in [5, 5.41) is 0. The van der Waals surface area contributed by atoms with Gasteiger partial charge < -0.3 is 0 Å². The maximum atomic E-state index is 12.5. The van der Waals surface area contributed by atoms with E-state index in [4.69, 9.17) is 0 Å². The Morgan fingerprint density at radius 1 is 1.21 bits per heavy atom. The molecule has 6 heteroatoms. The van der Waals surface area contributed by atoms with Crippen molar-refractivity contribution < 1.29 is 21.1 Å². The summed E-state index contributed by atoms with van der Waals surface area (Å²) in [5.74, 6) is -3.32. The van der Waals surface area contributed by atoms with Gasteiger partial charge in [0.25, 0.3) is 0 Å². The molecule has 2 fully saturated rings. The summed E-state index contributed by atoms with van der Waals surface area (Å²) in [7, 11) is -4.43. The zero-order chi connectivity index (χ0) is 10.6. The van der Waals surface area contributed by atoms with Gasteiger partial charge in [0.2, 0.25) is 5.92 Å².